The van der Waals surface area contributed by atoms with Crippen LogP contribution in [0.4, 0.5) is 0 Å². The van der Waals surface area contributed by atoms with E-state index in [1.165, 1.54) is 5.56 Å². The molecule has 0 saturated carbocycles. The highest BCUT2D eigenvalue weighted by Crippen LogP contribution is 2.30. The number of ether oxygens (including phenoxy) is 1. The van der Waals surface area contributed by atoms with Crippen molar-refractivity contribution < 1.29 is 4.74 Å². The molecule has 6 heteroatoms. The zero-order valence-electron chi connectivity index (χ0n) is 17.4. The largest absolute Gasteiger partial charge is 0.497 e. The first-order valence-corrected chi connectivity index (χ1v) is 9.85. The van der Waals surface area contributed by atoms with Crippen molar-refractivity contribution in [3.05, 3.63) is 95.6 Å². The first kappa shape index (κ1) is 19.8. The molecule has 30 heavy (non-hydrogen) atoms. The Morgan fingerprint density at radius 2 is 1.83 bits per heavy atom. The predicted molar refractivity (Wildman–Crippen MR) is 117 cm³/mol. The van der Waals surface area contributed by atoms with E-state index in [0.29, 0.717) is 5.82 Å². The van der Waals surface area contributed by atoms with Gasteiger partial charge in [-0.1, -0.05) is 36.4 Å². The number of benzene rings is 2. The van der Waals surface area contributed by atoms with Crippen molar-refractivity contribution in [1.29, 1.82) is 0 Å². The summed E-state index contributed by atoms with van der Waals surface area (Å²) in [5, 5.41) is 7.66. The Kier molecular flexibility index (Phi) is 5.86. The minimum absolute atomic E-state index is 0.150. The number of hydrogen-bond acceptors (Lipinski definition) is 5. The predicted octanol–water partition coefficient (Wildman–Crippen LogP) is 4.12. The Labute approximate surface area is 176 Å². The highest BCUT2D eigenvalue weighted by atomic mass is 16.5. The van der Waals surface area contributed by atoms with Crippen LogP contribution in [0.5, 0.6) is 5.75 Å². The van der Waals surface area contributed by atoms with E-state index in [-0.39, 0.29) is 5.92 Å². The number of methoxy groups -OCH3 is 1. The summed E-state index contributed by atoms with van der Waals surface area (Å²) in [4.78, 5) is 11.6. The number of aromatic amines is 1. The van der Waals surface area contributed by atoms with E-state index in [9.17, 15) is 0 Å². The molecule has 1 atom stereocenters. The number of nitrogens with one attached hydrogen (secondary N) is 1. The molecule has 152 valence electrons. The number of pyridine rings is 1. The molecule has 2 aromatic heterocycles. The van der Waals surface area contributed by atoms with Gasteiger partial charge in [0.2, 0.25) is 0 Å². The van der Waals surface area contributed by atoms with Gasteiger partial charge in [0.1, 0.15) is 11.6 Å². The molecule has 4 aromatic rings. The van der Waals surface area contributed by atoms with Crippen LogP contribution in [-0.2, 0) is 6.54 Å². The fraction of sp³-hybridized carbons (Fsp3) is 0.208. The van der Waals surface area contributed by atoms with Crippen LogP contribution in [0.3, 0.4) is 0 Å². The second kappa shape index (κ2) is 8.88. The molecule has 0 fully saturated rings. The van der Waals surface area contributed by atoms with Gasteiger partial charge in [0.25, 0.3) is 0 Å². The molecule has 0 spiro atoms. The van der Waals surface area contributed by atoms with Gasteiger partial charge in [0, 0.05) is 18.3 Å². The lowest BCUT2D eigenvalue weighted by Gasteiger charge is -2.14. The number of hydrogen-bond donors (Lipinski definition) is 1. The van der Waals surface area contributed by atoms with Crippen molar-refractivity contribution in [2.24, 2.45) is 0 Å². The second-order valence-electron chi connectivity index (χ2n) is 7.44. The van der Waals surface area contributed by atoms with Gasteiger partial charge in [0.15, 0.2) is 5.82 Å². The van der Waals surface area contributed by atoms with E-state index in [4.69, 9.17) is 9.72 Å². The minimum Gasteiger partial charge on any atom is -0.497 e. The molecule has 0 aliphatic carbocycles. The second-order valence-corrected chi connectivity index (χ2v) is 7.44. The van der Waals surface area contributed by atoms with E-state index in [0.717, 1.165) is 34.9 Å². The summed E-state index contributed by atoms with van der Waals surface area (Å²) in [5.74, 6) is 2.10. The fourth-order valence-electron chi connectivity index (χ4n) is 3.52. The first-order chi connectivity index (χ1) is 14.6. The third-order valence-corrected chi connectivity index (χ3v) is 4.89. The summed E-state index contributed by atoms with van der Waals surface area (Å²) in [6.07, 6.45) is 1.80. The van der Waals surface area contributed by atoms with E-state index in [1.54, 1.807) is 13.3 Å². The van der Waals surface area contributed by atoms with Crippen LogP contribution in [0.15, 0.2) is 72.9 Å². The fourth-order valence-corrected chi connectivity index (χ4v) is 3.52. The van der Waals surface area contributed by atoms with Crippen LogP contribution in [0.2, 0.25) is 0 Å². The molecule has 0 radical (unpaired) electrons. The zero-order chi connectivity index (χ0) is 20.9. The van der Waals surface area contributed by atoms with Crippen LogP contribution in [0.1, 0.15) is 28.6 Å². The highest BCUT2D eigenvalue weighted by molar-refractivity contribution is 5.56. The number of H-pyrrole nitrogens is 1. The maximum absolute atomic E-state index is 5.31. The smallest absolute Gasteiger partial charge is 0.181 e. The van der Waals surface area contributed by atoms with E-state index in [1.807, 2.05) is 54.6 Å². The molecule has 2 aromatic carbocycles. The quantitative estimate of drug-likeness (QED) is 0.506. The van der Waals surface area contributed by atoms with Gasteiger partial charge in [-0.3, -0.25) is 10.1 Å². The molecule has 0 aliphatic heterocycles. The molecule has 0 amide bonds. The molecule has 0 bridgehead atoms. The van der Waals surface area contributed by atoms with Gasteiger partial charge in [-0.25, -0.2) is 4.98 Å². The molecule has 1 N–H and O–H groups in total. The van der Waals surface area contributed by atoms with Crippen molar-refractivity contribution in [1.82, 2.24) is 25.1 Å². The zero-order valence-corrected chi connectivity index (χ0v) is 17.4. The van der Waals surface area contributed by atoms with Crippen LogP contribution in [0, 0.1) is 0 Å². The molecule has 2 heterocycles. The van der Waals surface area contributed by atoms with Gasteiger partial charge in [-0.15, -0.1) is 0 Å². The Hall–Kier alpha value is -3.51. The average molecular weight is 399 g/mol. The molecule has 4 rings (SSSR count). The Morgan fingerprint density at radius 3 is 2.53 bits per heavy atom. The maximum Gasteiger partial charge on any atom is 0.181 e. The standard InChI is InChI=1S/C24H25N5O/c1-29(2)16-17-7-6-8-19(15-17)23-26-24(28-27-23)22(21-9-4-5-14-25-21)18-10-12-20(30-3)13-11-18/h4-15,22H,16H2,1-3H3,(H,26,27,28). The van der Waals surface area contributed by atoms with Crippen LogP contribution in [-0.4, -0.2) is 46.3 Å². The van der Waals surface area contributed by atoms with E-state index in [2.05, 4.69) is 46.3 Å². The van der Waals surface area contributed by atoms with Crippen molar-refractivity contribution in [3.63, 3.8) is 0 Å². The lowest BCUT2D eigenvalue weighted by molar-refractivity contribution is 0.402. The van der Waals surface area contributed by atoms with E-state index >= 15 is 0 Å². The van der Waals surface area contributed by atoms with Crippen LogP contribution >= 0.6 is 0 Å². The molecule has 0 aliphatic rings. The lowest BCUT2D eigenvalue weighted by Crippen LogP contribution is -2.10. The third-order valence-electron chi connectivity index (χ3n) is 4.89. The minimum atomic E-state index is -0.150. The molecule has 0 saturated heterocycles. The van der Waals surface area contributed by atoms with Gasteiger partial charge < -0.3 is 9.64 Å². The first-order valence-electron chi connectivity index (χ1n) is 9.85. The maximum atomic E-state index is 5.31. The Balaban J connectivity index is 1.71. The molecule has 6 nitrogen and oxygen atoms in total. The lowest BCUT2D eigenvalue weighted by atomic mass is 9.94. The van der Waals surface area contributed by atoms with Crippen LogP contribution < -0.4 is 4.74 Å². The topological polar surface area (TPSA) is 66.9 Å². The van der Waals surface area contributed by atoms with E-state index < -0.39 is 0 Å². The normalized spacial score (nSPS) is 12.1. The number of rotatable bonds is 7. The Bertz CT molecular complexity index is 1090. The van der Waals surface area contributed by atoms with Gasteiger partial charge in [-0.2, -0.15) is 5.10 Å². The van der Waals surface area contributed by atoms with Crippen molar-refractivity contribution in [3.8, 4) is 17.1 Å². The summed E-state index contributed by atoms with van der Waals surface area (Å²) >= 11 is 0. The Morgan fingerprint density at radius 1 is 1.00 bits per heavy atom. The van der Waals surface area contributed by atoms with Gasteiger partial charge >= 0.3 is 0 Å². The molecule has 1 unspecified atom stereocenters. The van der Waals surface area contributed by atoms with Crippen LogP contribution in [0.25, 0.3) is 11.4 Å². The molecular weight excluding hydrogens is 374 g/mol. The van der Waals surface area contributed by atoms with Crippen molar-refractivity contribution >= 4 is 0 Å². The third kappa shape index (κ3) is 4.39. The summed E-state index contributed by atoms with van der Waals surface area (Å²) < 4.78 is 5.31. The monoisotopic (exact) mass is 399 g/mol. The van der Waals surface area contributed by atoms with Gasteiger partial charge in [-0.05, 0) is 55.6 Å². The number of aromatic nitrogens is 4. The van der Waals surface area contributed by atoms with Crippen molar-refractivity contribution in [2.45, 2.75) is 12.5 Å². The molecular formula is C24H25N5O. The SMILES string of the molecule is COc1ccc(C(c2ccccn2)c2nc(-c3cccc(CN(C)C)c3)n[nH]2)cc1. The number of nitrogens with zero attached hydrogens (tertiary/aromatic N) is 4. The summed E-state index contributed by atoms with van der Waals surface area (Å²) in [6, 6.07) is 22.2. The highest BCUT2D eigenvalue weighted by Gasteiger charge is 2.22. The average Bonchev–Trinajstić information content (AvgIpc) is 3.25. The van der Waals surface area contributed by atoms with Crippen molar-refractivity contribution in [2.75, 3.05) is 21.2 Å². The summed E-state index contributed by atoms with van der Waals surface area (Å²) in [6.45, 7) is 0.869. The summed E-state index contributed by atoms with van der Waals surface area (Å²) in [7, 11) is 5.78. The van der Waals surface area contributed by atoms with Gasteiger partial charge in [0.05, 0.1) is 18.7 Å². The summed E-state index contributed by atoms with van der Waals surface area (Å²) in [5.41, 5.74) is 4.19.